The lowest BCUT2D eigenvalue weighted by Crippen LogP contribution is -2.47. The second-order valence-corrected chi connectivity index (χ2v) is 10.3. The first-order chi connectivity index (χ1) is 12.7. The van der Waals surface area contributed by atoms with E-state index in [2.05, 4.69) is 20.4 Å². The number of nitrogens with one attached hydrogen (secondary N) is 2. The Morgan fingerprint density at radius 2 is 2.22 bits per heavy atom. The molecule has 3 rings (SSSR count). The molecule has 2 atom stereocenters. The lowest BCUT2D eigenvalue weighted by Gasteiger charge is -2.26. The summed E-state index contributed by atoms with van der Waals surface area (Å²) in [4.78, 5) is 15.0. The van der Waals surface area contributed by atoms with Gasteiger partial charge in [-0.25, -0.2) is 8.42 Å². The molecule has 1 amide bonds. The fourth-order valence-electron chi connectivity index (χ4n) is 4.21. The maximum absolute atomic E-state index is 12.9. The van der Waals surface area contributed by atoms with Gasteiger partial charge in [0.2, 0.25) is 5.91 Å². The number of fused-ring (bicyclic) bond motifs is 1. The maximum Gasteiger partial charge on any atom is 0.230 e. The number of nitrogens with zero attached hydrogens (tertiary/aromatic N) is 2. The Labute approximate surface area is 161 Å². The highest BCUT2D eigenvalue weighted by Crippen LogP contribution is 2.41. The zero-order chi connectivity index (χ0) is 19.7. The van der Waals surface area contributed by atoms with Crippen LogP contribution >= 0.6 is 0 Å². The Balaban J connectivity index is 1.52. The molecule has 1 aromatic rings. The van der Waals surface area contributed by atoms with E-state index >= 15 is 0 Å². The van der Waals surface area contributed by atoms with Crippen molar-refractivity contribution in [2.75, 3.05) is 51.4 Å². The van der Waals surface area contributed by atoms with Crippen molar-refractivity contribution in [3.8, 4) is 0 Å². The summed E-state index contributed by atoms with van der Waals surface area (Å²) in [7, 11) is -3.00. The third-order valence-corrected chi connectivity index (χ3v) is 6.77. The highest BCUT2D eigenvalue weighted by Gasteiger charge is 2.55. The molecule has 0 aromatic carbocycles. The average Bonchev–Trinajstić information content (AvgIpc) is 3.23. The van der Waals surface area contributed by atoms with E-state index in [1.54, 1.807) is 0 Å². The second kappa shape index (κ2) is 7.89. The summed E-state index contributed by atoms with van der Waals surface area (Å²) < 4.78 is 28.5. The number of hydrogen-bond donors (Lipinski definition) is 2. The summed E-state index contributed by atoms with van der Waals surface area (Å²) in [6.07, 6.45) is 2.98. The number of hydrogen-bond acceptors (Lipinski definition) is 6. The smallest absolute Gasteiger partial charge is 0.230 e. The predicted octanol–water partition coefficient (Wildman–Crippen LogP) is 0.0683. The fourth-order valence-corrected chi connectivity index (χ4v) is 4.80. The molecule has 0 saturated carbocycles. The van der Waals surface area contributed by atoms with Crippen molar-refractivity contribution in [2.45, 2.75) is 26.7 Å². The van der Waals surface area contributed by atoms with Crippen LogP contribution in [-0.4, -0.2) is 80.8 Å². The highest BCUT2D eigenvalue weighted by molar-refractivity contribution is 7.90. The minimum atomic E-state index is -3.00. The molecule has 2 aliphatic rings. The van der Waals surface area contributed by atoms with Crippen molar-refractivity contribution in [1.29, 1.82) is 0 Å². The number of aryl methyl sites for hydroxylation is 2. The molecule has 8 nitrogen and oxygen atoms in total. The van der Waals surface area contributed by atoms with E-state index in [-0.39, 0.29) is 17.6 Å². The van der Waals surface area contributed by atoms with Crippen molar-refractivity contribution in [2.24, 2.45) is 11.3 Å². The first kappa shape index (κ1) is 20.3. The van der Waals surface area contributed by atoms with E-state index in [0.29, 0.717) is 32.8 Å². The number of likely N-dealkylation sites (tertiary alicyclic amines) is 1. The van der Waals surface area contributed by atoms with Crippen LogP contribution in [0.15, 0.2) is 0 Å². The van der Waals surface area contributed by atoms with Crippen LogP contribution in [0, 0.1) is 25.2 Å². The van der Waals surface area contributed by atoms with Crippen LogP contribution in [0.1, 0.15) is 23.4 Å². The van der Waals surface area contributed by atoms with E-state index in [9.17, 15) is 13.2 Å². The van der Waals surface area contributed by atoms with E-state index in [1.807, 2.05) is 13.8 Å². The van der Waals surface area contributed by atoms with E-state index in [1.165, 1.54) is 11.8 Å². The summed E-state index contributed by atoms with van der Waals surface area (Å²) in [6.45, 7) is 7.35. The van der Waals surface area contributed by atoms with Gasteiger partial charge in [0.15, 0.2) is 0 Å². The minimum absolute atomic E-state index is 0.0347. The highest BCUT2D eigenvalue weighted by atomic mass is 32.2. The van der Waals surface area contributed by atoms with Gasteiger partial charge in [0.05, 0.1) is 30.1 Å². The summed E-state index contributed by atoms with van der Waals surface area (Å²) in [6, 6.07) is 0. The third kappa shape index (κ3) is 4.52. The SMILES string of the molecule is Cc1n[nH]c(C)c1CCCNC(=O)[C@]12COC[C@H]1CN(CCS(C)(=O)=O)C2. The van der Waals surface area contributed by atoms with Crippen molar-refractivity contribution in [3.05, 3.63) is 17.0 Å². The number of amides is 1. The molecule has 0 aliphatic carbocycles. The number of carbonyl (C=O) groups is 1. The number of carbonyl (C=O) groups excluding carboxylic acids is 1. The van der Waals surface area contributed by atoms with Gasteiger partial charge < -0.3 is 15.0 Å². The molecule has 2 N–H and O–H groups in total. The molecule has 0 radical (unpaired) electrons. The van der Waals surface area contributed by atoms with Gasteiger partial charge in [0.25, 0.3) is 0 Å². The van der Waals surface area contributed by atoms with Crippen LogP contribution in [0.2, 0.25) is 0 Å². The van der Waals surface area contributed by atoms with Gasteiger partial charge in [0, 0.05) is 44.0 Å². The zero-order valence-electron chi connectivity index (χ0n) is 16.4. The Bertz CT molecular complexity index is 772. The van der Waals surface area contributed by atoms with Crippen LogP contribution < -0.4 is 5.32 Å². The van der Waals surface area contributed by atoms with Gasteiger partial charge in [0.1, 0.15) is 9.84 Å². The van der Waals surface area contributed by atoms with Crippen LogP contribution in [0.4, 0.5) is 0 Å². The van der Waals surface area contributed by atoms with Crippen LogP contribution in [0.5, 0.6) is 0 Å². The Morgan fingerprint density at radius 1 is 1.44 bits per heavy atom. The van der Waals surface area contributed by atoms with E-state index in [4.69, 9.17) is 4.74 Å². The van der Waals surface area contributed by atoms with Gasteiger partial charge in [-0.3, -0.25) is 9.89 Å². The average molecular weight is 399 g/mol. The number of rotatable bonds is 8. The molecule has 0 bridgehead atoms. The molecule has 1 aromatic heterocycles. The zero-order valence-corrected chi connectivity index (χ0v) is 17.2. The van der Waals surface area contributed by atoms with Crippen LogP contribution in [0.3, 0.4) is 0 Å². The monoisotopic (exact) mass is 398 g/mol. The molecule has 0 unspecified atom stereocenters. The number of ether oxygens (including phenoxy) is 1. The third-order valence-electron chi connectivity index (χ3n) is 5.84. The van der Waals surface area contributed by atoms with Crippen molar-refractivity contribution < 1.29 is 17.9 Å². The summed E-state index contributed by atoms with van der Waals surface area (Å²) in [5, 5.41) is 10.3. The number of aromatic amines is 1. The molecular formula is C18H30N4O4S. The lowest BCUT2D eigenvalue weighted by atomic mass is 9.80. The van der Waals surface area contributed by atoms with Gasteiger partial charge in [-0.2, -0.15) is 5.10 Å². The van der Waals surface area contributed by atoms with Crippen LogP contribution in [0.25, 0.3) is 0 Å². The molecule has 0 spiro atoms. The maximum atomic E-state index is 12.9. The first-order valence-electron chi connectivity index (χ1n) is 9.48. The first-order valence-corrected chi connectivity index (χ1v) is 11.5. The van der Waals surface area contributed by atoms with Gasteiger partial charge in [-0.05, 0) is 32.3 Å². The molecule has 152 valence electrons. The van der Waals surface area contributed by atoms with E-state index < -0.39 is 15.3 Å². The number of aromatic nitrogens is 2. The standard InChI is InChI=1S/C18H30N4O4S/c1-13-16(14(2)21-20-13)5-4-6-19-17(23)18-11-22(7-8-27(3,24)25)9-15(18)10-26-12-18/h15H,4-12H2,1-3H3,(H,19,23)(H,20,21)/t15-,18-/m1/s1. The minimum Gasteiger partial charge on any atom is -0.380 e. The Kier molecular flexibility index (Phi) is 5.93. The second-order valence-electron chi connectivity index (χ2n) is 8.01. The van der Waals surface area contributed by atoms with Gasteiger partial charge in [-0.15, -0.1) is 0 Å². The quantitative estimate of drug-likeness (QED) is 0.601. The van der Waals surface area contributed by atoms with Crippen molar-refractivity contribution >= 4 is 15.7 Å². The Hall–Kier alpha value is -1.45. The van der Waals surface area contributed by atoms with E-state index in [0.717, 1.165) is 30.8 Å². The summed E-state index contributed by atoms with van der Waals surface area (Å²) >= 11 is 0. The fraction of sp³-hybridized carbons (Fsp3) is 0.778. The molecule has 2 fully saturated rings. The van der Waals surface area contributed by atoms with Crippen LogP contribution in [-0.2, 0) is 25.8 Å². The number of H-pyrrole nitrogens is 1. The molecule has 27 heavy (non-hydrogen) atoms. The molecular weight excluding hydrogens is 368 g/mol. The molecule has 2 aliphatic heterocycles. The normalized spacial score (nSPS) is 25.7. The summed E-state index contributed by atoms with van der Waals surface area (Å²) in [5.74, 6) is 0.296. The van der Waals surface area contributed by atoms with Crippen molar-refractivity contribution in [3.63, 3.8) is 0 Å². The largest absolute Gasteiger partial charge is 0.380 e. The predicted molar refractivity (Wildman–Crippen MR) is 102 cm³/mol. The molecule has 2 saturated heterocycles. The van der Waals surface area contributed by atoms with Crippen molar-refractivity contribution in [1.82, 2.24) is 20.4 Å². The lowest BCUT2D eigenvalue weighted by molar-refractivity contribution is -0.131. The van der Waals surface area contributed by atoms with Gasteiger partial charge >= 0.3 is 0 Å². The van der Waals surface area contributed by atoms with Gasteiger partial charge in [-0.1, -0.05) is 0 Å². The Morgan fingerprint density at radius 3 is 2.89 bits per heavy atom. The molecule has 9 heteroatoms. The topological polar surface area (TPSA) is 104 Å². The number of sulfone groups is 1. The molecule has 3 heterocycles. The summed E-state index contributed by atoms with van der Waals surface area (Å²) in [5.41, 5.74) is 2.77.